The van der Waals surface area contributed by atoms with E-state index in [0.717, 1.165) is 41.7 Å². The smallest absolute Gasteiger partial charge is 0.263 e. The molecule has 1 aliphatic carbocycles. The zero-order chi connectivity index (χ0) is 26.2. The van der Waals surface area contributed by atoms with Gasteiger partial charge in [0.2, 0.25) is 5.91 Å². The summed E-state index contributed by atoms with van der Waals surface area (Å²) in [5, 5.41) is 30.4. The highest BCUT2D eigenvalue weighted by Gasteiger charge is 2.47. The predicted molar refractivity (Wildman–Crippen MR) is 141 cm³/mol. The lowest BCUT2D eigenvalue weighted by molar-refractivity contribution is -0.130. The average molecular weight is 539 g/mol. The van der Waals surface area contributed by atoms with Gasteiger partial charge in [-0.1, -0.05) is 5.21 Å². The van der Waals surface area contributed by atoms with Crippen LogP contribution in [-0.4, -0.2) is 81.5 Å². The second kappa shape index (κ2) is 10.3. The first-order valence-electron chi connectivity index (χ1n) is 12.4. The third kappa shape index (κ3) is 4.56. The van der Waals surface area contributed by atoms with E-state index in [2.05, 4.69) is 50.4 Å². The van der Waals surface area contributed by atoms with Crippen LogP contribution in [0.25, 0.3) is 0 Å². The molecule has 3 aromatic heterocycles. The maximum Gasteiger partial charge on any atom is 0.263 e. The average Bonchev–Trinajstić information content (AvgIpc) is 3.70. The fourth-order valence-corrected chi connectivity index (χ4v) is 7.79. The number of rotatable bonds is 7. The van der Waals surface area contributed by atoms with Gasteiger partial charge in [-0.05, 0) is 67.7 Å². The molecular formula is C25H30N8O2S2. The third-order valence-electron chi connectivity index (χ3n) is 7.33. The molecule has 2 amide bonds. The number of aromatic nitrogens is 4. The van der Waals surface area contributed by atoms with Gasteiger partial charge in [-0.2, -0.15) is 10.5 Å². The van der Waals surface area contributed by atoms with Crippen LogP contribution in [0.3, 0.4) is 0 Å². The number of nitriles is 1. The number of amides is 2. The Bertz CT molecular complexity index is 1320. The number of carbonyl (C=O) groups is 2. The molecule has 194 valence electrons. The van der Waals surface area contributed by atoms with E-state index in [9.17, 15) is 14.9 Å². The largest absolute Gasteiger partial charge is 0.344 e. The summed E-state index contributed by atoms with van der Waals surface area (Å²) in [6.45, 7) is 2.83. The number of aromatic amines is 1. The van der Waals surface area contributed by atoms with Crippen molar-refractivity contribution < 1.29 is 9.59 Å². The van der Waals surface area contributed by atoms with Gasteiger partial charge in [0.1, 0.15) is 6.04 Å². The van der Waals surface area contributed by atoms with Crippen molar-refractivity contribution in [3.63, 3.8) is 0 Å². The number of aryl methyl sites for hydroxylation is 2. The number of nitrogens with one attached hydrogen (secondary N) is 2. The second-order valence-corrected chi connectivity index (χ2v) is 12.0. The van der Waals surface area contributed by atoms with Crippen molar-refractivity contribution >= 4 is 34.5 Å². The molecule has 0 saturated carbocycles. The number of H-pyrrole nitrogens is 1. The zero-order valence-electron chi connectivity index (χ0n) is 21.2. The van der Waals surface area contributed by atoms with Gasteiger partial charge in [0, 0.05) is 36.4 Å². The lowest BCUT2D eigenvalue weighted by Gasteiger charge is -2.34. The summed E-state index contributed by atoms with van der Waals surface area (Å²) in [7, 11) is 3.52. The van der Waals surface area contributed by atoms with E-state index in [1.807, 2.05) is 6.07 Å². The first kappa shape index (κ1) is 25.5. The van der Waals surface area contributed by atoms with Crippen LogP contribution in [0.5, 0.6) is 0 Å². The maximum atomic E-state index is 12.9. The Morgan fingerprint density at radius 2 is 2.16 bits per heavy atom. The van der Waals surface area contributed by atoms with Gasteiger partial charge in [0.25, 0.3) is 5.91 Å². The van der Waals surface area contributed by atoms with E-state index < -0.39 is 5.41 Å². The lowest BCUT2D eigenvalue weighted by Crippen LogP contribution is -2.45. The van der Waals surface area contributed by atoms with Gasteiger partial charge in [0.05, 0.1) is 22.9 Å². The van der Waals surface area contributed by atoms with E-state index in [-0.39, 0.29) is 30.4 Å². The normalized spacial score (nSPS) is 21.6. The summed E-state index contributed by atoms with van der Waals surface area (Å²) in [4.78, 5) is 32.2. The van der Waals surface area contributed by atoms with Gasteiger partial charge in [-0.25, -0.2) is 0 Å². The molecule has 2 N–H and O–H groups in total. The number of likely N-dealkylation sites (tertiary alicyclic amines) is 1. The van der Waals surface area contributed by atoms with Crippen LogP contribution in [-0.2, 0) is 23.1 Å². The fraction of sp³-hybridized carbons (Fsp3) is 0.520. The highest BCUT2D eigenvalue weighted by molar-refractivity contribution is 7.14. The highest BCUT2D eigenvalue weighted by Crippen LogP contribution is 2.50. The van der Waals surface area contributed by atoms with Crippen molar-refractivity contribution in [3.8, 4) is 6.07 Å². The SMILES string of the molecule is C[C@H](CC1(c2nn[nH]n2)c2ccsc2CCc2sc(C(=O)N(C)C)cc21)NCC(=O)N1CCCC1C#N. The summed E-state index contributed by atoms with van der Waals surface area (Å²) < 4.78 is 0. The number of hydrogen-bond donors (Lipinski definition) is 2. The van der Waals surface area contributed by atoms with Crippen molar-refractivity contribution in [1.82, 2.24) is 35.7 Å². The van der Waals surface area contributed by atoms with E-state index in [4.69, 9.17) is 0 Å². The molecule has 12 heteroatoms. The molecule has 10 nitrogen and oxygen atoms in total. The zero-order valence-corrected chi connectivity index (χ0v) is 22.8. The molecule has 0 bridgehead atoms. The van der Waals surface area contributed by atoms with Crippen LogP contribution in [0.2, 0.25) is 0 Å². The fourth-order valence-electron chi connectivity index (χ4n) is 5.58. The topological polar surface area (TPSA) is 131 Å². The number of thiophene rings is 2. The molecule has 3 aromatic rings. The van der Waals surface area contributed by atoms with Crippen molar-refractivity contribution in [2.45, 2.75) is 56.5 Å². The number of fused-ring (bicyclic) bond motifs is 2. The quantitative estimate of drug-likeness (QED) is 0.472. The highest BCUT2D eigenvalue weighted by atomic mass is 32.1. The molecule has 1 saturated heterocycles. The van der Waals surface area contributed by atoms with Crippen LogP contribution in [0.1, 0.15) is 62.6 Å². The first-order chi connectivity index (χ1) is 17.8. The van der Waals surface area contributed by atoms with E-state index in [1.54, 1.807) is 35.2 Å². The van der Waals surface area contributed by atoms with Crippen LogP contribution in [0.4, 0.5) is 0 Å². The summed E-state index contributed by atoms with van der Waals surface area (Å²) in [5.74, 6) is 0.470. The molecule has 2 unspecified atom stereocenters. The minimum atomic E-state index is -0.728. The summed E-state index contributed by atoms with van der Waals surface area (Å²) in [5.41, 5.74) is 1.43. The maximum absolute atomic E-state index is 12.9. The van der Waals surface area contributed by atoms with Gasteiger partial charge < -0.3 is 15.1 Å². The van der Waals surface area contributed by atoms with Crippen molar-refractivity contribution in [2.75, 3.05) is 27.2 Å². The van der Waals surface area contributed by atoms with Gasteiger partial charge in [-0.3, -0.25) is 9.59 Å². The van der Waals surface area contributed by atoms with Crippen LogP contribution >= 0.6 is 22.7 Å². The van der Waals surface area contributed by atoms with Crippen LogP contribution in [0, 0.1) is 11.3 Å². The first-order valence-corrected chi connectivity index (χ1v) is 14.1. The van der Waals surface area contributed by atoms with Crippen molar-refractivity contribution in [3.05, 3.63) is 49.1 Å². The third-order valence-corrected chi connectivity index (χ3v) is 9.50. The van der Waals surface area contributed by atoms with Gasteiger partial charge in [0.15, 0.2) is 5.82 Å². The summed E-state index contributed by atoms with van der Waals surface area (Å²) in [6.07, 6.45) is 3.87. The van der Waals surface area contributed by atoms with E-state index in [0.29, 0.717) is 23.7 Å². The Hall–Kier alpha value is -3.14. The summed E-state index contributed by atoms with van der Waals surface area (Å²) >= 11 is 3.26. The molecule has 1 aliphatic heterocycles. The molecule has 2 aliphatic rings. The van der Waals surface area contributed by atoms with Gasteiger partial charge >= 0.3 is 0 Å². The summed E-state index contributed by atoms with van der Waals surface area (Å²) in [6, 6.07) is 5.94. The molecule has 5 rings (SSSR count). The van der Waals surface area contributed by atoms with Crippen LogP contribution < -0.4 is 5.32 Å². The molecule has 0 aromatic carbocycles. The van der Waals surface area contributed by atoms with E-state index >= 15 is 0 Å². The Kier molecular flexibility index (Phi) is 7.11. The molecular weight excluding hydrogens is 508 g/mol. The number of hydrogen-bond acceptors (Lipinski definition) is 9. The second-order valence-electron chi connectivity index (χ2n) is 9.91. The van der Waals surface area contributed by atoms with E-state index in [1.165, 1.54) is 16.2 Å². The Labute approximate surface area is 223 Å². The Morgan fingerprint density at radius 3 is 2.89 bits per heavy atom. The predicted octanol–water partition coefficient (Wildman–Crippen LogP) is 2.34. The molecule has 3 atom stereocenters. The Balaban J connectivity index is 1.51. The molecule has 0 spiro atoms. The standard InChI is InChI=1S/C25H30N8O2S2/c1-15(27-14-22(34)33-9-4-5-16(33)13-26)12-25(24-28-30-31-29-24)17-8-10-36-19(17)6-7-20-18(25)11-21(37-20)23(35)32(2)3/h8,10-11,15-16,27H,4-7,9,12,14H2,1-3H3,(H,28,29,30,31)/t15-,16?,25?/m1/s1. The molecule has 4 heterocycles. The molecule has 0 radical (unpaired) electrons. The van der Waals surface area contributed by atoms with Crippen LogP contribution in [0.15, 0.2) is 17.5 Å². The van der Waals surface area contributed by atoms with Gasteiger partial charge in [-0.15, -0.1) is 32.9 Å². The molecule has 1 fully saturated rings. The number of tetrazole rings is 1. The Morgan fingerprint density at radius 1 is 1.35 bits per heavy atom. The number of carbonyl (C=O) groups excluding carboxylic acids is 2. The molecule has 37 heavy (non-hydrogen) atoms. The monoisotopic (exact) mass is 538 g/mol. The number of nitrogens with zero attached hydrogens (tertiary/aromatic N) is 6. The van der Waals surface area contributed by atoms with Crippen molar-refractivity contribution in [1.29, 1.82) is 5.26 Å². The van der Waals surface area contributed by atoms with Crippen molar-refractivity contribution in [2.24, 2.45) is 0 Å². The lowest BCUT2D eigenvalue weighted by atomic mass is 9.70. The minimum Gasteiger partial charge on any atom is -0.344 e. The minimum absolute atomic E-state index is 0.0277.